The third-order valence-corrected chi connectivity index (χ3v) is 2.59. The molecule has 0 spiro atoms. The van der Waals surface area contributed by atoms with Gasteiger partial charge in [-0.2, -0.15) is 17.9 Å². The van der Waals surface area contributed by atoms with Gasteiger partial charge in [-0.05, 0) is 18.2 Å². The summed E-state index contributed by atoms with van der Waals surface area (Å²) in [6, 6.07) is 9.41. The van der Waals surface area contributed by atoms with E-state index in [1.165, 1.54) is 24.3 Å². The molecule has 0 aliphatic heterocycles. The zero-order chi connectivity index (χ0) is 14.8. The maximum atomic E-state index is 13.4. The molecule has 0 aliphatic carbocycles. The second-order valence-corrected chi connectivity index (χ2v) is 4.02. The topological polar surface area (TPSA) is 26.1 Å². The fourth-order valence-electron chi connectivity index (χ4n) is 1.60. The predicted octanol–water partition coefficient (Wildman–Crippen LogP) is 4.11. The van der Waals surface area contributed by atoms with Crippen LogP contribution < -0.4 is 0 Å². The van der Waals surface area contributed by atoms with Crippen molar-refractivity contribution < 1.29 is 22.3 Å². The van der Waals surface area contributed by atoms with Crippen LogP contribution in [0.3, 0.4) is 0 Å². The Labute approximate surface area is 112 Å². The maximum Gasteiger partial charge on any atom is 0.416 e. The van der Waals surface area contributed by atoms with Crippen LogP contribution in [0.25, 0.3) is 0 Å². The molecule has 0 radical (unpaired) electrons. The molecule has 2 aromatic rings. The standard InChI is InChI=1S/C14H9F4NO/c15-13-7-2-1-4-10(13)9-19(20)12-6-3-5-11(8-12)14(16,17)18/h1-9H. The van der Waals surface area contributed by atoms with Crippen LogP contribution in [0, 0.1) is 11.0 Å². The van der Waals surface area contributed by atoms with E-state index in [4.69, 9.17) is 0 Å². The molecule has 104 valence electrons. The normalized spacial score (nSPS) is 12.5. The smallest absolute Gasteiger partial charge is 0.416 e. The summed E-state index contributed by atoms with van der Waals surface area (Å²) in [5, 5.41) is 11.8. The third-order valence-electron chi connectivity index (χ3n) is 2.59. The van der Waals surface area contributed by atoms with Gasteiger partial charge >= 0.3 is 6.18 Å². The van der Waals surface area contributed by atoms with Gasteiger partial charge in [-0.15, -0.1) is 0 Å². The highest BCUT2D eigenvalue weighted by atomic mass is 19.4. The van der Waals surface area contributed by atoms with E-state index in [1.807, 2.05) is 0 Å². The minimum absolute atomic E-state index is 0.0000817. The first-order valence-corrected chi connectivity index (χ1v) is 5.61. The summed E-state index contributed by atoms with van der Waals surface area (Å²) in [6.45, 7) is 0. The van der Waals surface area contributed by atoms with E-state index in [1.54, 1.807) is 0 Å². The Morgan fingerprint density at radius 1 is 1.00 bits per heavy atom. The minimum atomic E-state index is -4.53. The average Bonchev–Trinajstić information content (AvgIpc) is 2.40. The molecule has 0 aliphatic rings. The largest absolute Gasteiger partial charge is 0.618 e. The van der Waals surface area contributed by atoms with E-state index in [0.29, 0.717) is 6.07 Å². The fourth-order valence-corrected chi connectivity index (χ4v) is 1.60. The highest BCUT2D eigenvalue weighted by molar-refractivity contribution is 5.76. The van der Waals surface area contributed by atoms with Gasteiger partial charge in [0.25, 0.3) is 0 Å². The molecule has 0 saturated carbocycles. The lowest BCUT2D eigenvalue weighted by atomic mass is 10.2. The lowest BCUT2D eigenvalue weighted by Gasteiger charge is -2.08. The van der Waals surface area contributed by atoms with E-state index < -0.39 is 17.6 Å². The summed E-state index contributed by atoms with van der Waals surface area (Å²) in [5.41, 5.74) is -1.15. The second kappa shape index (κ2) is 5.32. The second-order valence-electron chi connectivity index (χ2n) is 4.02. The number of hydrogen-bond donors (Lipinski definition) is 0. The summed E-state index contributed by atoms with van der Waals surface area (Å²) < 4.78 is 51.2. The molecule has 0 heterocycles. The van der Waals surface area contributed by atoms with Gasteiger partial charge in [-0.25, -0.2) is 4.39 Å². The number of halogens is 4. The first kappa shape index (κ1) is 14.0. The van der Waals surface area contributed by atoms with Gasteiger partial charge in [0.05, 0.1) is 11.1 Å². The number of hydrogen-bond acceptors (Lipinski definition) is 1. The molecule has 0 unspecified atom stereocenters. The van der Waals surface area contributed by atoms with Crippen LogP contribution >= 0.6 is 0 Å². The van der Waals surface area contributed by atoms with E-state index in [-0.39, 0.29) is 16.0 Å². The van der Waals surface area contributed by atoms with Crippen LogP contribution in [0.2, 0.25) is 0 Å². The molecule has 2 aromatic carbocycles. The minimum Gasteiger partial charge on any atom is -0.618 e. The molecule has 0 aromatic heterocycles. The van der Waals surface area contributed by atoms with Crippen molar-refractivity contribution in [2.24, 2.45) is 0 Å². The number of benzene rings is 2. The molecule has 2 rings (SSSR count). The molecule has 2 nitrogen and oxygen atoms in total. The van der Waals surface area contributed by atoms with Gasteiger partial charge in [-0.1, -0.05) is 18.2 Å². The van der Waals surface area contributed by atoms with Crippen molar-refractivity contribution in [3.63, 3.8) is 0 Å². The summed E-state index contributed by atoms with van der Waals surface area (Å²) in [6.07, 6.45) is -3.64. The molecule has 0 bridgehead atoms. The monoisotopic (exact) mass is 283 g/mol. The predicted molar refractivity (Wildman–Crippen MR) is 66.3 cm³/mol. The van der Waals surface area contributed by atoms with Crippen molar-refractivity contribution in [3.8, 4) is 0 Å². The molecule has 0 atom stereocenters. The Balaban J connectivity index is 2.39. The quantitative estimate of drug-likeness (QED) is 0.268. The Morgan fingerprint density at radius 2 is 1.70 bits per heavy atom. The van der Waals surface area contributed by atoms with Crippen LogP contribution in [0.1, 0.15) is 11.1 Å². The summed E-state index contributed by atoms with van der Waals surface area (Å²) in [4.78, 5) is 0. The van der Waals surface area contributed by atoms with Crippen molar-refractivity contribution in [1.29, 1.82) is 0 Å². The Hall–Kier alpha value is -2.37. The zero-order valence-electron chi connectivity index (χ0n) is 10.1. The molecule has 0 saturated heterocycles. The van der Waals surface area contributed by atoms with Gasteiger partial charge in [-0.3, -0.25) is 0 Å². The average molecular weight is 283 g/mol. The number of nitrogens with zero attached hydrogens (tertiary/aromatic N) is 1. The van der Waals surface area contributed by atoms with Crippen molar-refractivity contribution in [3.05, 3.63) is 70.7 Å². The van der Waals surface area contributed by atoms with E-state index in [2.05, 4.69) is 0 Å². The first-order valence-electron chi connectivity index (χ1n) is 5.61. The molecule has 0 fully saturated rings. The Kier molecular flexibility index (Phi) is 3.74. The first-order chi connectivity index (χ1) is 9.38. The van der Waals surface area contributed by atoms with Crippen molar-refractivity contribution in [2.45, 2.75) is 6.18 Å². The highest BCUT2D eigenvalue weighted by Gasteiger charge is 2.31. The van der Waals surface area contributed by atoms with Crippen LogP contribution in [-0.4, -0.2) is 11.0 Å². The van der Waals surface area contributed by atoms with Gasteiger partial charge in [0.15, 0.2) is 6.21 Å². The number of alkyl halides is 3. The van der Waals surface area contributed by atoms with E-state index in [9.17, 15) is 22.8 Å². The highest BCUT2D eigenvalue weighted by Crippen LogP contribution is 2.31. The van der Waals surface area contributed by atoms with Crippen LogP contribution in [0.15, 0.2) is 48.5 Å². The lowest BCUT2D eigenvalue weighted by Crippen LogP contribution is -2.06. The number of rotatable bonds is 2. The zero-order valence-corrected chi connectivity index (χ0v) is 10.1. The van der Waals surface area contributed by atoms with Crippen LogP contribution in [0.4, 0.5) is 23.2 Å². The molecule has 20 heavy (non-hydrogen) atoms. The maximum absolute atomic E-state index is 13.4. The van der Waals surface area contributed by atoms with Gasteiger partial charge < -0.3 is 5.21 Å². The summed E-state index contributed by atoms with van der Waals surface area (Å²) in [5.74, 6) is -0.625. The van der Waals surface area contributed by atoms with Crippen LogP contribution in [0.5, 0.6) is 0 Å². The Bertz CT molecular complexity index is 650. The third kappa shape index (κ3) is 3.14. The van der Waals surface area contributed by atoms with Crippen LogP contribution in [-0.2, 0) is 6.18 Å². The molecule has 6 heteroatoms. The van der Waals surface area contributed by atoms with Crippen molar-refractivity contribution in [1.82, 2.24) is 0 Å². The molecular formula is C14H9F4NO. The summed E-state index contributed by atoms with van der Waals surface area (Å²) >= 11 is 0. The SMILES string of the molecule is [O-][N+](=Cc1ccccc1F)c1cccc(C(F)(F)F)c1. The van der Waals surface area contributed by atoms with Crippen molar-refractivity contribution >= 4 is 11.9 Å². The molecule has 0 N–H and O–H groups in total. The van der Waals surface area contributed by atoms with Crippen molar-refractivity contribution in [2.75, 3.05) is 0 Å². The lowest BCUT2D eigenvalue weighted by molar-refractivity contribution is -0.354. The van der Waals surface area contributed by atoms with Gasteiger partial charge in [0.2, 0.25) is 5.69 Å². The van der Waals surface area contributed by atoms with E-state index in [0.717, 1.165) is 24.4 Å². The summed E-state index contributed by atoms with van der Waals surface area (Å²) in [7, 11) is 0. The molecular weight excluding hydrogens is 274 g/mol. The fraction of sp³-hybridized carbons (Fsp3) is 0.0714. The van der Waals surface area contributed by atoms with E-state index >= 15 is 0 Å². The van der Waals surface area contributed by atoms with Gasteiger partial charge in [0.1, 0.15) is 5.82 Å². The van der Waals surface area contributed by atoms with Gasteiger partial charge in [0, 0.05) is 12.1 Å². The Morgan fingerprint density at radius 3 is 2.35 bits per heavy atom. The molecule has 0 amide bonds.